The van der Waals surface area contributed by atoms with Crippen molar-refractivity contribution in [3.63, 3.8) is 0 Å². The zero-order valence-corrected chi connectivity index (χ0v) is 23.4. The van der Waals surface area contributed by atoms with Gasteiger partial charge in [0, 0.05) is 17.5 Å². The van der Waals surface area contributed by atoms with Crippen LogP contribution in [0.1, 0.15) is 25.3 Å². The van der Waals surface area contributed by atoms with Crippen LogP contribution in [0.3, 0.4) is 0 Å². The highest BCUT2D eigenvalue weighted by Crippen LogP contribution is 2.48. The van der Waals surface area contributed by atoms with Crippen molar-refractivity contribution in [3.8, 4) is 34.4 Å². The van der Waals surface area contributed by atoms with Gasteiger partial charge in [0.25, 0.3) is 5.56 Å². The minimum absolute atomic E-state index is 0.119. The number of methoxy groups -OCH3 is 3. The zero-order valence-electron chi connectivity index (χ0n) is 19.4. The van der Waals surface area contributed by atoms with Crippen molar-refractivity contribution in [3.05, 3.63) is 37.0 Å². The maximum Gasteiger partial charge on any atom is 0.263 e. The van der Waals surface area contributed by atoms with Crippen LogP contribution in [0.25, 0.3) is 31.7 Å². The molecule has 0 aliphatic rings. The molecular formula is C24H24Br2N2O5S. The van der Waals surface area contributed by atoms with Crippen LogP contribution in [0.5, 0.6) is 23.0 Å². The van der Waals surface area contributed by atoms with Gasteiger partial charge in [-0.05, 0) is 62.9 Å². The Kier molecular flexibility index (Phi) is 7.12. The van der Waals surface area contributed by atoms with E-state index in [9.17, 15) is 9.90 Å². The molecule has 10 heteroatoms. The molecule has 0 fully saturated rings. The molecule has 0 atom stereocenters. The molecule has 1 N–H and O–H groups in total. The average Bonchev–Trinajstić information content (AvgIpc) is 3.20. The van der Waals surface area contributed by atoms with Crippen LogP contribution in [0.2, 0.25) is 0 Å². The second kappa shape index (κ2) is 9.75. The Morgan fingerprint density at radius 1 is 1.09 bits per heavy atom. The lowest BCUT2D eigenvalue weighted by Crippen LogP contribution is -2.23. The first-order valence-corrected chi connectivity index (χ1v) is 13.0. The van der Waals surface area contributed by atoms with E-state index in [0.29, 0.717) is 64.4 Å². The van der Waals surface area contributed by atoms with Crippen molar-refractivity contribution in [1.82, 2.24) is 9.55 Å². The third-order valence-electron chi connectivity index (χ3n) is 5.72. The summed E-state index contributed by atoms with van der Waals surface area (Å²) in [4.78, 5) is 19.4. The molecule has 0 aliphatic heterocycles. The number of phenols is 1. The van der Waals surface area contributed by atoms with Crippen LogP contribution in [0.4, 0.5) is 0 Å². The van der Waals surface area contributed by atoms with E-state index in [1.54, 1.807) is 24.9 Å². The molecule has 0 saturated carbocycles. The Balaban J connectivity index is 2.14. The van der Waals surface area contributed by atoms with Gasteiger partial charge in [0.2, 0.25) is 5.75 Å². The molecule has 0 saturated heterocycles. The Morgan fingerprint density at radius 3 is 2.41 bits per heavy atom. The molecule has 0 unspecified atom stereocenters. The highest BCUT2D eigenvalue weighted by atomic mass is 79.9. The van der Waals surface area contributed by atoms with E-state index < -0.39 is 0 Å². The number of thiophene rings is 1. The molecule has 7 nitrogen and oxygen atoms in total. The molecule has 0 spiro atoms. The van der Waals surface area contributed by atoms with Crippen molar-refractivity contribution in [2.24, 2.45) is 0 Å². The fourth-order valence-electron chi connectivity index (χ4n) is 4.00. The molecule has 34 heavy (non-hydrogen) atoms. The lowest BCUT2D eigenvalue weighted by atomic mass is 10.1. The topological polar surface area (TPSA) is 82.8 Å². The van der Waals surface area contributed by atoms with Crippen LogP contribution >= 0.6 is 43.2 Å². The number of nitrogens with zero attached hydrogens (tertiary/aromatic N) is 2. The summed E-state index contributed by atoms with van der Waals surface area (Å²) in [5, 5.41) is 12.0. The van der Waals surface area contributed by atoms with E-state index >= 15 is 0 Å². The van der Waals surface area contributed by atoms with Gasteiger partial charge in [0.15, 0.2) is 11.5 Å². The highest BCUT2D eigenvalue weighted by molar-refractivity contribution is 9.11. The molecule has 0 aliphatic carbocycles. The summed E-state index contributed by atoms with van der Waals surface area (Å²) >= 11 is 8.36. The Bertz CT molecular complexity index is 1480. The summed E-state index contributed by atoms with van der Waals surface area (Å²) in [7, 11) is 4.63. The highest BCUT2D eigenvalue weighted by Gasteiger charge is 2.25. The predicted octanol–water partition coefficient (Wildman–Crippen LogP) is 6.64. The van der Waals surface area contributed by atoms with E-state index in [0.717, 1.165) is 18.4 Å². The molecule has 0 bridgehead atoms. The van der Waals surface area contributed by atoms with Gasteiger partial charge in [0.1, 0.15) is 16.4 Å². The first kappa shape index (κ1) is 24.8. The molecule has 180 valence electrons. The minimum atomic E-state index is -0.151. The number of phenolic OH excluding ortho intramolecular Hbond substituents is 1. The van der Waals surface area contributed by atoms with Crippen LogP contribution in [0.15, 0.2) is 25.9 Å². The van der Waals surface area contributed by atoms with Gasteiger partial charge < -0.3 is 19.3 Å². The summed E-state index contributed by atoms with van der Waals surface area (Å²) in [6.07, 6.45) is 1.72. The lowest BCUT2D eigenvalue weighted by molar-refractivity contribution is 0.323. The van der Waals surface area contributed by atoms with E-state index in [-0.39, 0.29) is 11.3 Å². The van der Waals surface area contributed by atoms with Crippen molar-refractivity contribution >= 4 is 63.5 Å². The van der Waals surface area contributed by atoms with E-state index in [1.807, 2.05) is 13.0 Å². The Hall–Kier alpha value is -2.30. The average molecular weight is 612 g/mol. The van der Waals surface area contributed by atoms with Gasteiger partial charge in [-0.15, -0.1) is 11.3 Å². The summed E-state index contributed by atoms with van der Waals surface area (Å²) in [5.41, 5.74) is 1.34. The number of aromatic hydroxyl groups is 1. The number of rotatable bonds is 7. The molecule has 2 aromatic carbocycles. The fraction of sp³-hybridized carbons (Fsp3) is 0.333. The van der Waals surface area contributed by atoms with Crippen molar-refractivity contribution < 1.29 is 19.3 Å². The smallest absolute Gasteiger partial charge is 0.263 e. The third-order valence-corrected chi connectivity index (χ3v) is 8.62. The van der Waals surface area contributed by atoms with Gasteiger partial charge in [-0.1, -0.05) is 13.3 Å². The van der Waals surface area contributed by atoms with Crippen molar-refractivity contribution in [2.75, 3.05) is 21.3 Å². The quantitative estimate of drug-likeness (QED) is 0.252. The first-order valence-electron chi connectivity index (χ1n) is 10.6. The van der Waals surface area contributed by atoms with Crippen LogP contribution in [-0.4, -0.2) is 36.0 Å². The standard InChI is InChI=1S/C24H24Br2N2O5S/c1-6-7-8-28-22(13-10-14(31-3)19(32-4)20(33-5)17(13)26)27-23-15(24(28)30)12-9-11(2)16(25)18(29)21(12)34-23/h9-10,29H,6-8H2,1-5H3. The fourth-order valence-corrected chi connectivity index (χ4v) is 6.17. The van der Waals surface area contributed by atoms with Gasteiger partial charge >= 0.3 is 0 Å². The molecule has 2 heterocycles. The number of unbranched alkanes of at least 4 members (excludes halogenated alkanes) is 1. The number of hydrogen-bond acceptors (Lipinski definition) is 7. The SMILES string of the molecule is CCCCn1c(-c2cc(OC)c(OC)c(OC)c2Br)nc2sc3c(O)c(Br)c(C)cc3c2c1=O. The van der Waals surface area contributed by atoms with Crippen LogP contribution in [0, 0.1) is 6.92 Å². The number of benzene rings is 2. The van der Waals surface area contributed by atoms with E-state index in [2.05, 4.69) is 38.8 Å². The number of ether oxygens (including phenoxy) is 3. The number of halogens is 2. The number of aromatic nitrogens is 2. The van der Waals surface area contributed by atoms with Crippen molar-refractivity contribution in [2.45, 2.75) is 33.2 Å². The zero-order chi connectivity index (χ0) is 24.7. The third kappa shape index (κ3) is 3.85. The monoisotopic (exact) mass is 610 g/mol. The normalized spacial score (nSPS) is 11.4. The molecule has 0 amide bonds. The first-order chi connectivity index (χ1) is 16.3. The maximum absolute atomic E-state index is 13.9. The molecule has 0 radical (unpaired) electrons. The second-order valence-electron chi connectivity index (χ2n) is 7.77. The number of aryl methyl sites for hydroxylation is 1. The number of fused-ring (bicyclic) bond motifs is 3. The maximum atomic E-state index is 13.9. The Morgan fingerprint density at radius 2 is 1.79 bits per heavy atom. The van der Waals surface area contributed by atoms with E-state index in [1.165, 1.54) is 18.4 Å². The molecular weight excluding hydrogens is 588 g/mol. The molecule has 4 rings (SSSR count). The molecule has 2 aromatic heterocycles. The lowest BCUT2D eigenvalue weighted by Gasteiger charge is -2.18. The second-order valence-corrected chi connectivity index (χ2v) is 10.4. The largest absolute Gasteiger partial charge is 0.505 e. The van der Waals surface area contributed by atoms with Gasteiger partial charge in [-0.3, -0.25) is 9.36 Å². The van der Waals surface area contributed by atoms with Crippen LogP contribution < -0.4 is 19.8 Å². The summed E-state index contributed by atoms with van der Waals surface area (Å²) in [6, 6.07) is 3.70. The number of hydrogen-bond donors (Lipinski definition) is 1. The summed E-state index contributed by atoms with van der Waals surface area (Å²) in [5.74, 6) is 1.95. The molecule has 4 aromatic rings. The van der Waals surface area contributed by atoms with E-state index in [4.69, 9.17) is 19.2 Å². The minimum Gasteiger partial charge on any atom is -0.505 e. The summed E-state index contributed by atoms with van der Waals surface area (Å²) < 4.78 is 20.2. The van der Waals surface area contributed by atoms with Gasteiger partial charge in [-0.2, -0.15) is 0 Å². The summed E-state index contributed by atoms with van der Waals surface area (Å²) in [6.45, 7) is 4.46. The Labute approximate surface area is 217 Å². The van der Waals surface area contributed by atoms with Gasteiger partial charge in [0.05, 0.1) is 40.4 Å². The van der Waals surface area contributed by atoms with Crippen molar-refractivity contribution in [1.29, 1.82) is 0 Å². The van der Waals surface area contributed by atoms with Gasteiger partial charge in [-0.25, -0.2) is 4.98 Å². The predicted molar refractivity (Wildman–Crippen MR) is 143 cm³/mol. The van der Waals surface area contributed by atoms with Crippen LogP contribution in [-0.2, 0) is 6.54 Å².